The fourth-order valence-electron chi connectivity index (χ4n) is 1.40. The average Bonchev–Trinajstić information content (AvgIpc) is 2.26. The van der Waals surface area contributed by atoms with Crippen LogP contribution in [0.1, 0.15) is 46.0 Å². The van der Waals surface area contributed by atoms with Gasteiger partial charge in [0.15, 0.2) is 0 Å². The molecule has 2 nitrogen and oxygen atoms in total. The minimum atomic E-state index is -0.00998. The predicted octanol–water partition coefficient (Wildman–Crippen LogP) is 3.67. The molecule has 0 aromatic rings. The van der Waals surface area contributed by atoms with Crippen LogP contribution in [0.15, 0.2) is 10.2 Å². The summed E-state index contributed by atoms with van der Waals surface area (Å²) in [6.45, 7) is 4.36. The Morgan fingerprint density at radius 3 is 2.53 bits per heavy atom. The van der Waals surface area contributed by atoms with Gasteiger partial charge in [-0.25, -0.2) is 0 Å². The molecule has 0 heterocycles. The summed E-state index contributed by atoms with van der Waals surface area (Å²) in [5, 5.41) is 9.06. The Hall–Kier alpha value is 0.390. The lowest BCUT2D eigenvalue weighted by molar-refractivity contribution is -0.0237. The van der Waals surface area contributed by atoms with Crippen LogP contribution in [-0.2, 0) is 4.74 Å². The third-order valence-corrected chi connectivity index (χ3v) is 2.82. The van der Waals surface area contributed by atoms with Gasteiger partial charge in [0, 0.05) is 0 Å². The van der Waals surface area contributed by atoms with Gasteiger partial charge in [-0.1, -0.05) is 55.7 Å². The smallest absolute Gasteiger partial charge is 0.0811 e. The maximum Gasteiger partial charge on any atom is 0.0811 e. The van der Waals surface area contributed by atoms with Crippen LogP contribution in [0.25, 0.3) is 0 Å². The molecule has 2 unspecified atom stereocenters. The first-order chi connectivity index (χ1) is 7.28. The maximum atomic E-state index is 9.06. The van der Waals surface area contributed by atoms with E-state index in [0.717, 1.165) is 12.8 Å². The Bertz CT molecular complexity index is 156. The van der Waals surface area contributed by atoms with Crippen LogP contribution in [0.5, 0.6) is 0 Å². The Labute approximate surface area is 107 Å². The predicted molar refractivity (Wildman–Crippen MR) is 73.3 cm³/mol. The molecule has 0 saturated carbocycles. The third-order valence-electron chi connectivity index (χ3n) is 2.41. The summed E-state index contributed by atoms with van der Waals surface area (Å²) >= 11 is 2.21. The van der Waals surface area contributed by atoms with E-state index in [9.17, 15) is 0 Å². The van der Waals surface area contributed by atoms with Crippen LogP contribution in [0.3, 0.4) is 0 Å². The van der Waals surface area contributed by atoms with Gasteiger partial charge in [0.25, 0.3) is 0 Å². The molecule has 0 aromatic heterocycles. The number of ether oxygens (including phenoxy) is 1. The van der Waals surface area contributed by atoms with E-state index in [1.165, 1.54) is 19.3 Å². The van der Waals surface area contributed by atoms with E-state index in [4.69, 9.17) is 9.84 Å². The Kier molecular flexibility index (Phi) is 11.2. The van der Waals surface area contributed by atoms with Gasteiger partial charge in [-0.15, -0.1) is 0 Å². The van der Waals surface area contributed by atoms with Gasteiger partial charge in [-0.05, 0) is 23.0 Å². The molecule has 0 amide bonds. The van der Waals surface area contributed by atoms with Crippen molar-refractivity contribution in [3.8, 4) is 0 Å². The fraction of sp³-hybridized carbons (Fsp3) is 0.833. The molecular formula is C12H23IO2. The highest BCUT2D eigenvalue weighted by molar-refractivity contribution is 14.1. The molecule has 0 spiro atoms. The summed E-state index contributed by atoms with van der Waals surface area (Å²) < 4.78 is 7.79. The highest BCUT2D eigenvalue weighted by Gasteiger charge is 2.11. The van der Waals surface area contributed by atoms with Crippen LogP contribution in [0.2, 0.25) is 0 Å². The van der Waals surface area contributed by atoms with E-state index in [1.807, 2.05) is 11.0 Å². The van der Waals surface area contributed by atoms with Crippen LogP contribution in [0.4, 0.5) is 0 Å². The molecule has 0 aromatic carbocycles. The van der Waals surface area contributed by atoms with Crippen molar-refractivity contribution < 1.29 is 9.84 Å². The van der Waals surface area contributed by atoms with Gasteiger partial charge in [0.05, 0.1) is 18.8 Å². The Balaban J connectivity index is 3.91. The molecule has 3 heteroatoms. The molecule has 1 N–H and O–H groups in total. The molecule has 0 saturated heterocycles. The normalized spacial score (nSPS) is 15.7. The number of hydrogen-bond acceptors (Lipinski definition) is 2. The zero-order chi connectivity index (χ0) is 11.5. The van der Waals surface area contributed by atoms with Crippen LogP contribution in [-0.4, -0.2) is 23.9 Å². The number of hydrogen-bond donors (Lipinski definition) is 1. The summed E-state index contributed by atoms with van der Waals surface area (Å²) in [6, 6.07) is 0. The minimum Gasteiger partial charge on any atom is -0.394 e. The molecular weight excluding hydrogens is 303 g/mol. The molecule has 0 aliphatic rings. The van der Waals surface area contributed by atoms with Gasteiger partial charge in [-0.2, -0.15) is 0 Å². The van der Waals surface area contributed by atoms with Crippen molar-refractivity contribution in [3.05, 3.63) is 10.2 Å². The SMILES string of the molecule is CCCCCC(/C=C/I)OC(CC)CO. The van der Waals surface area contributed by atoms with Crippen molar-refractivity contribution in [1.29, 1.82) is 0 Å². The average molecular weight is 326 g/mol. The first-order valence-electron chi connectivity index (χ1n) is 5.81. The molecule has 2 atom stereocenters. The van der Waals surface area contributed by atoms with Gasteiger partial charge in [-0.3, -0.25) is 0 Å². The van der Waals surface area contributed by atoms with E-state index < -0.39 is 0 Å². The minimum absolute atomic E-state index is 0.00998. The molecule has 0 fully saturated rings. The molecule has 0 aliphatic carbocycles. The highest BCUT2D eigenvalue weighted by atomic mass is 127. The largest absolute Gasteiger partial charge is 0.394 e. The summed E-state index contributed by atoms with van der Waals surface area (Å²) in [5.74, 6) is 0. The Morgan fingerprint density at radius 1 is 1.33 bits per heavy atom. The zero-order valence-corrected chi connectivity index (χ0v) is 11.9. The molecule has 0 radical (unpaired) electrons. The summed E-state index contributed by atoms with van der Waals surface area (Å²) in [4.78, 5) is 0. The number of halogens is 1. The molecule has 90 valence electrons. The highest BCUT2D eigenvalue weighted by Crippen LogP contribution is 2.12. The van der Waals surface area contributed by atoms with E-state index in [1.54, 1.807) is 0 Å². The third kappa shape index (κ3) is 8.22. The second-order valence-electron chi connectivity index (χ2n) is 3.70. The van der Waals surface area contributed by atoms with Crippen molar-refractivity contribution in [2.24, 2.45) is 0 Å². The standard InChI is InChI=1S/C12H23IO2/c1-3-5-6-7-12(8-9-13)15-11(4-2)10-14/h8-9,11-12,14H,3-7,10H2,1-2H3/b9-8+. The topological polar surface area (TPSA) is 29.5 Å². The first kappa shape index (κ1) is 15.4. The number of aliphatic hydroxyl groups is 1. The van der Waals surface area contributed by atoms with Crippen LogP contribution < -0.4 is 0 Å². The van der Waals surface area contributed by atoms with Crippen molar-refractivity contribution in [2.75, 3.05) is 6.61 Å². The maximum absolute atomic E-state index is 9.06. The summed E-state index contributed by atoms with van der Waals surface area (Å²) in [6.07, 6.45) is 7.86. The fourth-order valence-corrected chi connectivity index (χ4v) is 1.86. The molecule has 15 heavy (non-hydrogen) atoms. The number of unbranched alkanes of at least 4 members (excludes halogenated alkanes) is 2. The van der Waals surface area contributed by atoms with Crippen LogP contribution >= 0.6 is 22.6 Å². The van der Waals surface area contributed by atoms with Crippen molar-refractivity contribution in [2.45, 2.75) is 58.2 Å². The molecule has 0 bridgehead atoms. The molecule has 0 aliphatic heterocycles. The summed E-state index contributed by atoms with van der Waals surface area (Å²) in [7, 11) is 0. The van der Waals surface area contributed by atoms with E-state index in [2.05, 4.69) is 35.6 Å². The quantitative estimate of drug-likeness (QED) is 0.517. The lowest BCUT2D eigenvalue weighted by Gasteiger charge is -2.20. The van der Waals surface area contributed by atoms with E-state index >= 15 is 0 Å². The zero-order valence-electron chi connectivity index (χ0n) is 9.79. The van der Waals surface area contributed by atoms with Crippen molar-refractivity contribution in [1.82, 2.24) is 0 Å². The van der Waals surface area contributed by atoms with Crippen molar-refractivity contribution >= 4 is 22.6 Å². The molecule has 0 rings (SSSR count). The van der Waals surface area contributed by atoms with Gasteiger partial charge in [0.2, 0.25) is 0 Å². The lowest BCUT2D eigenvalue weighted by atomic mass is 10.1. The van der Waals surface area contributed by atoms with E-state index in [-0.39, 0.29) is 18.8 Å². The number of rotatable bonds is 9. The summed E-state index contributed by atoms with van der Waals surface area (Å²) in [5.41, 5.74) is 0. The van der Waals surface area contributed by atoms with Gasteiger partial charge >= 0.3 is 0 Å². The van der Waals surface area contributed by atoms with Gasteiger partial charge in [0.1, 0.15) is 0 Å². The first-order valence-corrected chi connectivity index (χ1v) is 7.06. The number of aliphatic hydroxyl groups excluding tert-OH is 1. The van der Waals surface area contributed by atoms with Crippen LogP contribution in [0, 0.1) is 0 Å². The monoisotopic (exact) mass is 326 g/mol. The second-order valence-corrected chi connectivity index (χ2v) is 4.42. The Morgan fingerprint density at radius 2 is 2.07 bits per heavy atom. The van der Waals surface area contributed by atoms with E-state index in [0.29, 0.717) is 0 Å². The lowest BCUT2D eigenvalue weighted by Crippen LogP contribution is -2.23. The van der Waals surface area contributed by atoms with Crippen molar-refractivity contribution in [3.63, 3.8) is 0 Å². The van der Waals surface area contributed by atoms with Gasteiger partial charge < -0.3 is 9.84 Å². The second kappa shape index (κ2) is 10.9.